The van der Waals surface area contributed by atoms with Crippen LogP contribution in [-0.2, 0) is 4.79 Å². The highest BCUT2D eigenvalue weighted by Gasteiger charge is 2.42. The summed E-state index contributed by atoms with van der Waals surface area (Å²) in [6.45, 7) is 3.67. The van der Waals surface area contributed by atoms with Gasteiger partial charge in [0.05, 0.1) is 0 Å². The maximum absolute atomic E-state index is 13.7. The molecule has 2 aromatic carbocycles. The first kappa shape index (κ1) is 19.4. The second-order valence-corrected chi connectivity index (χ2v) is 7.76. The van der Waals surface area contributed by atoms with E-state index in [0.717, 1.165) is 6.07 Å². The Morgan fingerprint density at radius 3 is 2.41 bits per heavy atom. The van der Waals surface area contributed by atoms with Crippen molar-refractivity contribution < 1.29 is 18.4 Å². The maximum Gasteiger partial charge on any atom is 0.255 e. The summed E-state index contributed by atoms with van der Waals surface area (Å²) >= 11 is 1.39. The smallest absolute Gasteiger partial charge is 0.255 e. The number of carbonyl (C=O) groups excluding carboxylic acids is 2. The SMILES string of the molecule is CC(C)NC(=O)C1CSC(c2cccc(F)c2)N1C(=O)c1cccc(F)c1. The van der Waals surface area contributed by atoms with Crippen LogP contribution in [0.15, 0.2) is 48.5 Å². The van der Waals surface area contributed by atoms with Gasteiger partial charge >= 0.3 is 0 Å². The zero-order chi connectivity index (χ0) is 19.6. The molecule has 2 amide bonds. The van der Waals surface area contributed by atoms with Gasteiger partial charge < -0.3 is 10.2 Å². The zero-order valence-corrected chi connectivity index (χ0v) is 15.8. The van der Waals surface area contributed by atoms with Crippen molar-refractivity contribution in [3.63, 3.8) is 0 Å². The summed E-state index contributed by atoms with van der Waals surface area (Å²) in [4.78, 5) is 27.2. The average Bonchev–Trinajstić information content (AvgIpc) is 3.05. The van der Waals surface area contributed by atoms with Crippen molar-refractivity contribution in [3.05, 3.63) is 71.3 Å². The topological polar surface area (TPSA) is 49.4 Å². The second-order valence-electron chi connectivity index (χ2n) is 6.64. The van der Waals surface area contributed by atoms with Crippen LogP contribution in [0.3, 0.4) is 0 Å². The monoisotopic (exact) mass is 390 g/mol. The predicted octanol–water partition coefficient (Wildman–Crippen LogP) is 3.75. The molecule has 27 heavy (non-hydrogen) atoms. The van der Waals surface area contributed by atoms with E-state index in [9.17, 15) is 18.4 Å². The fraction of sp³-hybridized carbons (Fsp3) is 0.300. The lowest BCUT2D eigenvalue weighted by atomic mass is 10.1. The number of hydrogen-bond donors (Lipinski definition) is 1. The number of rotatable bonds is 4. The largest absolute Gasteiger partial charge is 0.352 e. The molecule has 0 spiro atoms. The van der Waals surface area contributed by atoms with Gasteiger partial charge in [-0.05, 0) is 49.7 Å². The number of nitrogens with zero attached hydrogens (tertiary/aromatic N) is 1. The Kier molecular flexibility index (Phi) is 5.79. The fourth-order valence-electron chi connectivity index (χ4n) is 3.02. The first-order valence-electron chi connectivity index (χ1n) is 8.62. The minimum atomic E-state index is -0.721. The van der Waals surface area contributed by atoms with Gasteiger partial charge in [-0.3, -0.25) is 9.59 Å². The van der Waals surface area contributed by atoms with E-state index in [4.69, 9.17) is 0 Å². The van der Waals surface area contributed by atoms with Gasteiger partial charge in [0.25, 0.3) is 5.91 Å². The molecule has 2 aromatic rings. The van der Waals surface area contributed by atoms with Crippen LogP contribution in [0.1, 0.15) is 35.1 Å². The second kappa shape index (κ2) is 8.08. The molecule has 0 bridgehead atoms. The Bertz CT molecular complexity index is 859. The predicted molar refractivity (Wildman–Crippen MR) is 101 cm³/mol. The standard InChI is InChI=1S/C20H20F2N2O2S/c1-12(2)23-18(25)17-11-27-20(14-6-4-8-16(22)10-14)24(17)19(26)13-5-3-7-15(21)9-13/h3-10,12,17,20H,11H2,1-2H3,(H,23,25). The molecule has 7 heteroatoms. The minimum Gasteiger partial charge on any atom is -0.352 e. The van der Waals surface area contributed by atoms with Crippen molar-refractivity contribution in [1.29, 1.82) is 0 Å². The number of halogens is 2. The van der Waals surface area contributed by atoms with Crippen molar-refractivity contribution in [3.8, 4) is 0 Å². The molecule has 0 aliphatic carbocycles. The lowest BCUT2D eigenvalue weighted by Crippen LogP contribution is -2.49. The highest BCUT2D eigenvalue weighted by molar-refractivity contribution is 7.99. The number of amides is 2. The molecule has 1 saturated heterocycles. The number of nitrogens with one attached hydrogen (secondary N) is 1. The van der Waals surface area contributed by atoms with E-state index in [1.165, 1.54) is 47.0 Å². The highest BCUT2D eigenvalue weighted by atomic mass is 32.2. The quantitative estimate of drug-likeness (QED) is 0.865. The lowest BCUT2D eigenvalue weighted by molar-refractivity contribution is -0.125. The average molecular weight is 390 g/mol. The van der Waals surface area contributed by atoms with E-state index in [0.29, 0.717) is 11.3 Å². The Labute approximate surface area is 160 Å². The van der Waals surface area contributed by atoms with E-state index >= 15 is 0 Å². The number of thioether (sulfide) groups is 1. The Morgan fingerprint density at radius 2 is 1.78 bits per heavy atom. The molecule has 1 heterocycles. The fourth-order valence-corrected chi connectivity index (χ4v) is 4.44. The first-order valence-corrected chi connectivity index (χ1v) is 9.67. The van der Waals surface area contributed by atoms with Gasteiger partial charge in [-0.15, -0.1) is 11.8 Å². The van der Waals surface area contributed by atoms with E-state index < -0.39 is 29.0 Å². The van der Waals surface area contributed by atoms with Crippen LogP contribution in [-0.4, -0.2) is 34.6 Å². The van der Waals surface area contributed by atoms with Gasteiger partial charge in [0.1, 0.15) is 23.1 Å². The molecule has 2 unspecified atom stereocenters. The van der Waals surface area contributed by atoms with E-state index in [2.05, 4.69) is 5.32 Å². The third kappa shape index (κ3) is 4.30. The molecule has 4 nitrogen and oxygen atoms in total. The van der Waals surface area contributed by atoms with Crippen LogP contribution < -0.4 is 5.32 Å². The van der Waals surface area contributed by atoms with Gasteiger partial charge in [0.2, 0.25) is 5.91 Å². The minimum absolute atomic E-state index is 0.0816. The molecular weight excluding hydrogens is 370 g/mol. The summed E-state index contributed by atoms with van der Waals surface area (Å²) in [5, 5.41) is 2.29. The summed E-state index contributed by atoms with van der Waals surface area (Å²) in [6, 6.07) is 10.5. The summed E-state index contributed by atoms with van der Waals surface area (Å²) in [6.07, 6.45) is 0. The normalized spacial score (nSPS) is 19.4. The van der Waals surface area contributed by atoms with Crippen LogP contribution >= 0.6 is 11.8 Å². The van der Waals surface area contributed by atoms with Gasteiger partial charge in [-0.25, -0.2) is 8.78 Å². The van der Waals surface area contributed by atoms with E-state index in [1.807, 2.05) is 13.8 Å². The molecule has 1 aliphatic rings. The summed E-state index contributed by atoms with van der Waals surface area (Å²) in [7, 11) is 0. The van der Waals surface area contributed by atoms with Gasteiger partial charge in [-0.1, -0.05) is 18.2 Å². The maximum atomic E-state index is 13.7. The Balaban J connectivity index is 1.98. The number of benzene rings is 2. The molecule has 142 valence electrons. The lowest BCUT2D eigenvalue weighted by Gasteiger charge is -2.29. The number of hydrogen-bond acceptors (Lipinski definition) is 3. The molecule has 1 N–H and O–H groups in total. The van der Waals surface area contributed by atoms with Gasteiger partial charge in [-0.2, -0.15) is 0 Å². The van der Waals surface area contributed by atoms with E-state index in [-0.39, 0.29) is 17.5 Å². The van der Waals surface area contributed by atoms with Crippen LogP contribution in [0.25, 0.3) is 0 Å². The first-order chi connectivity index (χ1) is 12.9. The molecule has 0 radical (unpaired) electrons. The summed E-state index contributed by atoms with van der Waals surface area (Å²) < 4.78 is 27.3. The molecule has 3 rings (SSSR count). The molecule has 1 aliphatic heterocycles. The number of carbonyl (C=O) groups is 2. The van der Waals surface area contributed by atoms with E-state index in [1.54, 1.807) is 12.1 Å². The van der Waals surface area contributed by atoms with Crippen molar-refractivity contribution in [1.82, 2.24) is 10.2 Å². The van der Waals surface area contributed by atoms with Crippen LogP contribution in [0, 0.1) is 11.6 Å². The highest BCUT2D eigenvalue weighted by Crippen LogP contribution is 2.42. The summed E-state index contributed by atoms with van der Waals surface area (Å²) in [5.74, 6) is -1.31. The van der Waals surface area contributed by atoms with Crippen molar-refractivity contribution in [2.45, 2.75) is 31.3 Å². The van der Waals surface area contributed by atoms with Crippen molar-refractivity contribution in [2.75, 3.05) is 5.75 Å². The Morgan fingerprint density at radius 1 is 1.11 bits per heavy atom. The van der Waals surface area contributed by atoms with Crippen molar-refractivity contribution >= 4 is 23.6 Å². The van der Waals surface area contributed by atoms with Crippen LogP contribution in [0.5, 0.6) is 0 Å². The molecular formula is C20H20F2N2O2S. The van der Waals surface area contributed by atoms with Crippen molar-refractivity contribution in [2.24, 2.45) is 0 Å². The van der Waals surface area contributed by atoms with Gasteiger partial charge in [0.15, 0.2) is 0 Å². The Hall–Kier alpha value is -2.41. The zero-order valence-electron chi connectivity index (χ0n) is 15.0. The van der Waals surface area contributed by atoms with Crippen LogP contribution in [0.4, 0.5) is 8.78 Å². The third-order valence-electron chi connectivity index (χ3n) is 4.17. The molecule has 0 saturated carbocycles. The molecule has 1 fully saturated rings. The van der Waals surface area contributed by atoms with Gasteiger partial charge in [0, 0.05) is 17.4 Å². The summed E-state index contributed by atoms with van der Waals surface area (Å²) in [5.41, 5.74) is 0.742. The molecule has 0 aromatic heterocycles. The van der Waals surface area contributed by atoms with Crippen LogP contribution in [0.2, 0.25) is 0 Å². The third-order valence-corrected chi connectivity index (χ3v) is 5.50. The molecule has 2 atom stereocenters.